The second-order valence-corrected chi connectivity index (χ2v) is 6.37. The first-order valence-corrected chi connectivity index (χ1v) is 8.13. The molecule has 0 heterocycles. The molecule has 0 unspecified atom stereocenters. The summed E-state index contributed by atoms with van der Waals surface area (Å²) < 4.78 is 0.963. The van der Waals surface area contributed by atoms with Crippen molar-refractivity contribution in [3.05, 3.63) is 63.1 Å². The van der Waals surface area contributed by atoms with Crippen molar-refractivity contribution in [2.24, 2.45) is 0 Å². The van der Waals surface area contributed by atoms with Crippen LogP contribution in [0.5, 0.6) is 0 Å². The van der Waals surface area contributed by atoms with Crippen molar-refractivity contribution in [1.82, 2.24) is 0 Å². The summed E-state index contributed by atoms with van der Waals surface area (Å²) in [5, 5.41) is 3.09. The van der Waals surface area contributed by atoms with E-state index in [9.17, 15) is 4.79 Å². The van der Waals surface area contributed by atoms with Crippen molar-refractivity contribution >= 4 is 27.5 Å². The van der Waals surface area contributed by atoms with Crippen LogP contribution in [0.1, 0.15) is 39.9 Å². The first kappa shape index (κ1) is 14.3. The van der Waals surface area contributed by atoms with Crippen LogP contribution < -0.4 is 5.32 Å². The fourth-order valence-corrected chi connectivity index (χ4v) is 3.31. The standard InChI is InChI=1S/C18H18BrNO/c1-12-14(9-5-10-16(12)19)18(21)20-17-11-4-7-13-6-2-3-8-15(13)17/h4-5,7,9-11H,2-3,6,8H2,1H3,(H,20,21). The van der Waals surface area contributed by atoms with E-state index >= 15 is 0 Å². The maximum Gasteiger partial charge on any atom is 0.255 e. The molecule has 0 saturated carbocycles. The molecule has 0 fully saturated rings. The zero-order valence-corrected chi connectivity index (χ0v) is 13.7. The Bertz CT molecular complexity index is 694. The number of fused-ring (bicyclic) bond motifs is 1. The summed E-state index contributed by atoms with van der Waals surface area (Å²) in [6.07, 6.45) is 4.63. The average Bonchev–Trinajstić information content (AvgIpc) is 2.50. The third-order valence-corrected chi connectivity index (χ3v) is 5.02. The number of nitrogens with one attached hydrogen (secondary N) is 1. The van der Waals surface area contributed by atoms with Crippen LogP contribution in [0.4, 0.5) is 5.69 Å². The zero-order chi connectivity index (χ0) is 14.8. The minimum absolute atomic E-state index is 0.0345. The Morgan fingerprint density at radius 2 is 1.86 bits per heavy atom. The number of benzene rings is 2. The number of anilines is 1. The van der Waals surface area contributed by atoms with Crippen molar-refractivity contribution in [2.45, 2.75) is 32.6 Å². The summed E-state index contributed by atoms with van der Waals surface area (Å²) in [5.74, 6) is -0.0345. The molecule has 1 amide bonds. The van der Waals surface area contributed by atoms with Gasteiger partial charge in [0, 0.05) is 15.7 Å². The highest BCUT2D eigenvalue weighted by atomic mass is 79.9. The molecule has 1 aliphatic carbocycles. The van der Waals surface area contributed by atoms with E-state index in [1.165, 1.54) is 24.0 Å². The molecule has 0 atom stereocenters. The number of carbonyl (C=O) groups excluding carboxylic acids is 1. The lowest BCUT2D eigenvalue weighted by Gasteiger charge is -2.20. The molecular formula is C18H18BrNO. The molecule has 108 valence electrons. The summed E-state index contributed by atoms with van der Waals surface area (Å²) in [6, 6.07) is 11.9. The first-order valence-electron chi connectivity index (χ1n) is 7.34. The summed E-state index contributed by atoms with van der Waals surface area (Å²) in [6.45, 7) is 1.96. The third kappa shape index (κ3) is 2.88. The van der Waals surface area contributed by atoms with E-state index in [0.29, 0.717) is 0 Å². The molecule has 0 saturated heterocycles. The van der Waals surface area contributed by atoms with E-state index in [2.05, 4.69) is 27.3 Å². The predicted molar refractivity (Wildman–Crippen MR) is 89.9 cm³/mol. The van der Waals surface area contributed by atoms with Gasteiger partial charge >= 0.3 is 0 Å². The number of amides is 1. The van der Waals surface area contributed by atoms with Gasteiger partial charge in [-0.05, 0) is 67.5 Å². The maximum atomic E-state index is 12.5. The Hall–Kier alpha value is -1.61. The van der Waals surface area contributed by atoms with Gasteiger partial charge in [0.15, 0.2) is 0 Å². The number of halogens is 1. The van der Waals surface area contributed by atoms with Gasteiger partial charge in [-0.2, -0.15) is 0 Å². The Balaban J connectivity index is 1.90. The van der Waals surface area contributed by atoms with E-state index in [4.69, 9.17) is 0 Å². The van der Waals surface area contributed by atoms with Crippen LogP contribution in [0.15, 0.2) is 40.9 Å². The van der Waals surface area contributed by atoms with Gasteiger partial charge in [-0.3, -0.25) is 4.79 Å². The highest BCUT2D eigenvalue weighted by Crippen LogP contribution is 2.28. The van der Waals surface area contributed by atoms with Gasteiger partial charge in [0.05, 0.1) is 0 Å². The summed E-state index contributed by atoms with van der Waals surface area (Å²) in [7, 11) is 0. The van der Waals surface area contributed by atoms with Crippen molar-refractivity contribution in [2.75, 3.05) is 5.32 Å². The fourth-order valence-electron chi connectivity index (χ4n) is 2.94. The molecular weight excluding hydrogens is 326 g/mol. The van der Waals surface area contributed by atoms with Gasteiger partial charge in [0.1, 0.15) is 0 Å². The maximum absolute atomic E-state index is 12.5. The first-order chi connectivity index (χ1) is 10.2. The van der Waals surface area contributed by atoms with Crippen LogP contribution in [0, 0.1) is 6.92 Å². The van der Waals surface area contributed by atoms with E-state index in [0.717, 1.165) is 34.1 Å². The van der Waals surface area contributed by atoms with Crippen molar-refractivity contribution in [1.29, 1.82) is 0 Å². The largest absolute Gasteiger partial charge is 0.322 e. The Morgan fingerprint density at radius 1 is 1.10 bits per heavy atom. The number of rotatable bonds is 2. The van der Waals surface area contributed by atoms with Crippen LogP contribution in [0.25, 0.3) is 0 Å². The molecule has 0 aromatic heterocycles. The van der Waals surface area contributed by atoms with Gasteiger partial charge in [0.2, 0.25) is 0 Å². The summed E-state index contributed by atoms with van der Waals surface area (Å²) in [5.41, 5.74) is 5.35. The molecule has 0 spiro atoms. The molecule has 2 aromatic rings. The van der Waals surface area contributed by atoms with Crippen LogP contribution in [0.2, 0.25) is 0 Å². The minimum Gasteiger partial charge on any atom is -0.322 e. The number of aryl methyl sites for hydroxylation is 1. The van der Waals surface area contributed by atoms with E-state index < -0.39 is 0 Å². The van der Waals surface area contributed by atoms with Crippen molar-refractivity contribution in [3.8, 4) is 0 Å². The minimum atomic E-state index is -0.0345. The normalized spacial score (nSPS) is 13.6. The summed E-state index contributed by atoms with van der Waals surface area (Å²) >= 11 is 3.48. The molecule has 0 bridgehead atoms. The van der Waals surface area contributed by atoms with Gasteiger partial charge in [-0.25, -0.2) is 0 Å². The molecule has 2 nitrogen and oxygen atoms in total. The van der Waals surface area contributed by atoms with Crippen molar-refractivity contribution < 1.29 is 4.79 Å². The highest BCUT2D eigenvalue weighted by Gasteiger charge is 2.16. The van der Waals surface area contributed by atoms with Crippen LogP contribution in [0.3, 0.4) is 0 Å². The van der Waals surface area contributed by atoms with E-state index in [1.54, 1.807) is 0 Å². The van der Waals surface area contributed by atoms with E-state index in [1.807, 2.05) is 37.3 Å². The SMILES string of the molecule is Cc1c(Br)cccc1C(=O)Nc1cccc2c1CCCC2. The molecule has 3 rings (SSSR count). The van der Waals surface area contributed by atoms with Gasteiger partial charge in [0.25, 0.3) is 5.91 Å². The lowest BCUT2D eigenvalue weighted by Crippen LogP contribution is -2.16. The molecule has 2 aromatic carbocycles. The molecule has 0 radical (unpaired) electrons. The smallest absolute Gasteiger partial charge is 0.255 e. The van der Waals surface area contributed by atoms with Crippen molar-refractivity contribution in [3.63, 3.8) is 0 Å². The van der Waals surface area contributed by atoms with Crippen LogP contribution in [-0.2, 0) is 12.8 Å². The molecule has 21 heavy (non-hydrogen) atoms. The topological polar surface area (TPSA) is 29.1 Å². The Morgan fingerprint density at radius 3 is 2.71 bits per heavy atom. The highest BCUT2D eigenvalue weighted by molar-refractivity contribution is 9.10. The second-order valence-electron chi connectivity index (χ2n) is 5.52. The fraction of sp³-hybridized carbons (Fsp3) is 0.278. The molecule has 3 heteroatoms. The molecule has 1 N–H and O–H groups in total. The van der Waals surface area contributed by atoms with E-state index in [-0.39, 0.29) is 5.91 Å². The Labute approximate surface area is 133 Å². The Kier molecular flexibility index (Phi) is 4.11. The van der Waals surface area contributed by atoms with Crippen LogP contribution >= 0.6 is 15.9 Å². The lowest BCUT2D eigenvalue weighted by molar-refractivity contribution is 0.102. The summed E-state index contributed by atoms with van der Waals surface area (Å²) in [4.78, 5) is 12.5. The molecule has 0 aliphatic heterocycles. The monoisotopic (exact) mass is 343 g/mol. The number of hydrogen-bond acceptors (Lipinski definition) is 1. The number of carbonyl (C=O) groups is 1. The van der Waals surface area contributed by atoms with Crippen LogP contribution in [-0.4, -0.2) is 5.91 Å². The van der Waals surface area contributed by atoms with Gasteiger partial charge in [-0.15, -0.1) is 0 Å². The van der Waals surface area contributed by atoms with Gasteiger partial charge in [-0.1, -0.05) is 34.1 Å². The lowest BCUT2D eigenvalue weighted by atomic mass is 9.90. The number of hydrogen-bond donors (Lipinski definition) is 1. The average molecular weight is 344 g/mol. The third-order valence-electron chi connectivity index (χ3n) is 4.16. The molecule has 1 aliphatic rings. The second kappa shape index (κ2) is 6.02. The predicted octanol–water partition coefficient (Wildman–Crippen LogP) is 4.89. The zero-order valence-electron chi connectivity index (χ0n) is 12.1. The quantitative estimate of drug-likeness (QED) is 0.826. The van der Waals surface area contributed by atoms with Gasteiger partial charge < -0.3 is 5.32 Å².